The summed E-state index contributed by atoms with van der Waals surface area (Å²) in [4.78, 5) is 15.4. The van der Waals surface area contributed by atoms with Crippen LogP contribution in [0.5, 0.6) is 0 Å². The molecule has 0 aliphatic rings. The Hall–Kier alpha value is -2.35. The fourth-order valence-electron chi connectivity index (χ4n) is 2.26. The van der Waals surface area contributed by atoms with Crippen LogP contribution in [0, 0.1) is 0 Å². The number of aromatic carboxylic acids is 1. The van der Waals surface area contributed by atoms with Gasteiger partial charge in [-0.25, -0.2) is 9.78 Å². The second-order valence-electron chi connectivity index (χ2n) is 4.62. The summed E-state index contributed by atoms with van der Waals surface area (Å²) in [6, 6.07) is 4.45. The molecule has 3 aromatic rings. The van der Waals surface area contributed by atoms with Crippen molar-refractivity contribution in [3.8, 4) is 0 Å². The highest BCUT2D eigenvalue weighted by Crippen LogP contribution is 2.32. The molecule has 0 aliphatic heterocycles. The van der Waals surface area contributed by atoms with Gasteiger partial charge in [0.25, 0.3) is 0 Å². The molecule has 0 fully saturated rings. The topological polar surface area (TPSA) is 55.1 Å². The minimum absolute atomic E-state index is 0.0653. The first-order valence-corrected chi connectivity index (χ1v) is 7.06. The van der Waals surface area contributed by atoms with E-state index in [1.165, 1.54) is 28.0 Å². The first-order valence-electron chi connectivity index (χ1n) is 6.18. The third-order valence-electron chi connectivity index (χ3n) is 3.22. The number of carboxylic acid groups (broad SMARTS) is 1. The van der Waals surface area contributed by atoms with Crippen molar-refractivity contribution in [3.63, 3.8) is 0 Å². The van der Waals surface area contributed by atoms with Crippen molar-refractivity contribution in [3.05, 3.63) is 52.1 Å². The predicted octanol–water partition coefficient (Wildman–Crippen LogP) is 3.86. The molecule has 1 aromatic carbocycles. The molecule has 3 rings (SSSR count). The summed E-state index contributed by atoms with van der Waals surface area (Å²) in [5.41, 5.74) is -0.437. The highest BCUT2D eigenvalue weighted by molar-refractivity contribution is 7.09. The molecule has 0 bridgehead atoms. The zero-order chi connectivity index (χ0) is 15.9. The zero-order valence-corrected chi connectivity index (χ0v) is 11.8. The molecule has 2 aromatic heterocycles. The lowest BCUT2D eigenvalue weighted by Crippen LogP contribution is -2.09. The van der Waals surface area contributed by atoms with E-state index in [0.717, 1.165) is 12.1 Å². The molecular formula is C14H9F3N2O2S. The van der Waals surface area contributed by atoms with Crippen LogP contribution in [-0.4, -0.2) is 20.6 Å². The van der Waals surface area contributed by atoms with E-state index in [0.29, 0.717) is 10.5 Å². The molecule has 0 spiro atoms. The first-order chi connectivity index (χ1) is 10.4. The van der Waals surface area contributed by atoms with Gasteiger partial charge < -0.3 is 9.67 Å². The molecule has 0 unspecified atom stereocenters. The van der Waals surface area contributed by atoms with Crippen LogP contribution < -0.4 is 0 Å². The van der Waals surface area contributed by atoms with Gasteiger partial charge in [-0.15, -0.1) is 11.3 Å². The van der Waals surface area contributed by atoms with Gasteiger partial charge in [-0.2, -0.15) is 13.2 Å². The molecule has 22 heavy (non-hydrogen) atoms. The number of thiazole rings is 1. The lowest BCUT2D eigenvalue weighted by atomic mass is 10.1. The van der Waals surface area contributed by atoms with Gasteiger partial charge in [-0.1, -0.05) is 0 Å². The molecule has 0 saturated carbocycles. The average molecular weight is 326 g/mol. The van der Waals surface area contributed by atoms with Crippen molar-refractivity contribution in [2.45, 2.75) is 12.7 Å². The van der Waals surface area contributed by atoms with Crippen molar-refractivity contribution in [2.75, 3.05) is 0 Å². The predicted molar refractivity (Wildman–Crippen MR) is 75.1 cm³/mol. The number of benzene rings is 1. The van der Waals surface area contributed by atoms with Gasteiger partial charge in [0.05, 0.1) is 12.1 Å². The summed E-state index contributed by atoms with van der Waals surface area (Å²) < 4.78 is 39.7. The van der Waals surface area contributed by atoms with E-state index in [1.54, 1.807) is 11.6 Å². The molecule has 0 saturated heterocycles. The number of nitrogens with zero attached hydrogens (tertiary/aromatic N) is 2. The maximum Gasteiger partial charge on any atom is 0.416 e. The molecule has 0 amide bonds. The van der Waals surface area contributed by atoms with E-state index in [-0.39, 0.29) is 17.6 Å². The second kappa shape index (κ2) is 5.13. The SMILES string of the molecule is O=C(O)c1cc2cc(C(F)(F)F)ccc2n1Cc1nccs1. The standard InChI is InChI=1S/C14H9F3N2O2S/c15-14(16,17)9-1-2-10-8(5-9)6-11(13(20)21)19(10)7-12-18-3-4-22-12/h1-6H,7H2,(H,20,21). The number of hydrogen-bond acceptors (Lipinski definition) is 3. The van der Waals surface area contributed by atoms with Crippen LogP contribution >= 0.6 is 11.3 Å². The maximum absolute atomic E-state index is 12.8. The first kappa shape index (κ1) is 14.6. The Bertz CT molecular complexity index is 838. The summed E-state index contributed by atoms with van der Waals surface area (Å²) in [7, 11) is 0. The lowest BCUT2D eigenvalue weighted by molar-refractivity contribution is -0.137. The average Bonchev–Trinajstić information content (AvgIpc) is 3.06. The second-order valence-corrected chi connectivity index (χ2v) is 5.60. The highest BCUT2D eigenvalue weighted by Gasteiger charge is 2.31. The molecule has 0 aliphatic carbocycles. The Morgan fingerprint density at radius 1 is 1.32 bits per heavy atom. The summed E-state index contributed by atoms with van der Waals surface area (Å²) in [6.07, 6.45) is -2.87. The summed E-state index contributed by atoms with van der Waals surface area (Å²) >= 11 is 1.35. The third-order valence-corrected chi connectivity index (χ3v) is 3.99. The molecule has 114 valence electrons. The third kappa shape index (κ3) is 2.57. The number of aromatic nitrogens is 2. The van der Waals surface area contributed by atoms with Crippen LogP contribution in [0.3, 0.4) is 0 Å². The van der Waals surface area contributed by atoms with Crippen molar-refractivity contribution in [1.29, 1.82) is 0 Å². The molecule has 1 N–H and O–H groups in total. The number of hydrogen-bond donors (Lipinski definition) is 1. The number of alkyl halides is 3. The number of carbonyl (C=O) groups is 1. The van der Waals surface area contributed by atoms with Crippen LogP contribution in [0.4, 0.5) is 13.2 Å². The monoisotopic (exact) mass is 326 g/mol. The summed E-state index contributed by atoms with van der Waals surface area (Å²) in [5.74, 6) is -1.19. The summed E-state index contributed by atoms with van der Waals surface area (Å²) in [5, 5.41) is 11.9. The van der Waals surface area contributed by atoms with E-state index >= 15 is 0 Å². The quantitative estimate of drug-likeness (QED) is 0.795. The van der Waals surface area contributed by atoms with Crippen molar-refractivity contribution in [1.82, 2.24) is 9.55 Å². The number of halogens is 3. The Kier molecular flexibility index (Phi) is 3.40. The van der Waals surface area contributed by atoms with Crippen molar-refractivity contribution >= 4 is 28.2 Å². The van der Waals surface area contributed by atoms with Gasteiger partial charge in [0, 0.05) is 22.5 Å². The van der Waals surface area contributed by atoms with Gasteiger partial charge in [0.15, 0.2) is 0 Å². The van der Waals surface area contributed by atoms with Crippen LogP contribution in [0.25, 0.3) is 10.9 Å². The lowest BCUT2D eigenvalue weighted by Gasteiger charge is -2.08. The number of fused-ring (bicyclic) bond motifs is 1. The van der Waals surface area contributed by atoms with E-state index in [2.05, 4.69) is 4.98 Å². The van der Waals surface area contributed by atoms with Crippen LogP contribution in [-0.2, 0) is 12.7 Å². The normalized spacial score (nSPS) is 12.0. The van der Waals surface area contributed by atoms with E-state index in [9.17, 15) is 23.1 Å². The molecule has 8 heteroatoms. The Morgan fingerprint density at radius 2 is 2.09 bits per heavy atom. The molecule has 4 nitrogen and oxygen atoms in total. The fourth-order valence-corrected chi connectivity index (χ4v) is 2.87. The minimum Gasteiger partial charge on any atom is -0.477 e. The van der Waals surface area contributed by atoms with Gasteiger partial charge >= 0.3 is 12.1 Å². The Labute approximate surface area is 126 Å². The molecule has 0 radical (unpaired) electrons. The number of carboxylic acids is 1. The molecule has 2 heterocycles. The van der Waals surface area contributed by atoms with Crippen molar-refractivity contribution in [2.24, 2.45) is 0 Å². The minimum atomic E-state index is -4.46. The largest absolute Gasteiger partial charge is 0.477 e. The Balaban J connectivity index is 2.16. The molecule has 0 atom stereocenters. The zero-order valence-electron chi connectivity index (χ0n) is 11.0. The maximum atomic E-state index is 12.8. The van der Waals surface area contributed by atoms with Gasteiger partial charge in [-0.3, -0.25) is 0 Å². The number of rotatable bonds is 3. The van der Waals surface area contributed by atoms with E-state index in [4.69, 9.17) is 0 Å². The van der Waals surface area contributed by atoms with Crippen LogP contribution in [0.1, 0.15) is 21.1 Å². The Morgan fingerprint density at radius 3 is 2.68 bits per heavy atom. The fraction of sp³-hybridized carbons (Fsp3) is 0.143. The molecular weight excluding hydrogens is 317 g/mol. The van der Waals surface area contributed by atoms with Gasteiger partial charge in [-0.05, 0) is 24.3 Å². The van der Waals surface area contributed by atoms with Gasteiger partial charge in [0.2, 0.25) is 0 Å². The van der Waals surface area contributed by atoms with E-state index in [1.807, 2.05) is 0 Å². The van der Waals surface area contributed by atoms with Crippen molar-refractivity contribution < 1.29 is 23.1 Å². The van der Waals surface area contributed by atoms with E-state index < -0.39 is 17.7 Å². The van der Waals surface area contributed by atoms with Gasteiger partial charge in [0.1, 0.15) is 10.7 Å². The summed E-state index contributed by atoms with van der Waals surface area (Å²) in [6.45, 7) is 0.203. The smallest absolute Gasteiger partial charge is 0.416 e. The van der Waals surface area contributed by atoms with Crippen LogP contribution in [0.15, 0.2) is 35.8 Å². The highest BCUT2D eigenvalue weighted by atomic mass is 32.1. The van der Waals surface area contributed by atoms with Crippen LogP contribution in [0.2, 0.25) is 0 Å².